The van der Waals surface area contributed by atoms with E-state index in [1.165, 1.54) is 0 Å². The third-order valence-corrected chi connectivity index (χ3v) is 4.22. The van der Waals surface area contributed by atoms with Gasteiger partial charge in [-0.2, -0.15) is 0 Å². The summed E-state index contributed by atoms with van der Waals surface area (Å²) in [5, 5.41) is 3.29. The minimum Gasteiger partial charge on any atom is -0.344 e. The Kier molecular flexibility index (Phi) is 3.87. The van der Waals surface area contributed by atoms with Gasteiger partial charge in [-0.3, -0.25) is 4.79 Å². The molecule has 2 aliphatic heterocycles. The molecule has 5 nitrogen and oxygen atoms in total. The lowest BCUT2D eigenvalue weighted by Gasteiger charge is -2.33. The molecule has 0 bridgehead atoms. The van der Waals surface area contributed by atoms with Crippen molar-refractivity contribution in [3.8, 4) is 0 Å². The molecule has 5 heteroatoms. The van der Waals surface area contributed by atoms with E-state index in [1.54, 1.807) is 0 Å². The van der Waals surface area contributed by atoms with Crippen molar-refractivity contribution in [1.29, 1.82) is 0 Å². The predicted molar refractivity (Wildman–Crippen MR) is 78.8 cm³/mol. The number of amides is 1. The molecular weight excluding hydrogens is 252 g/mol. The van der Waals surface area contributed by atoms with Crippen LogP contribution in [0.4, 0.5) is 5.82 Å². The van der Waals surface area contributed by atoms with Crippen molar-refractivity contribution in [2.75, 3.05) is 37.6 Å². The molecule has 0 saturated carbocycles. The zero-order valence-electron chi connectivity index (χ0n) is 12.0. The van der Waals surface area contributed by atoms with Crippen LogP contribution < -0.4 is 10.2 Å². The monoisotopic (exact) mass is 274 g/mol. The number of carbonyl (C=O) groups is 1. The molecule has 2 saturated heterocycles. The maximum Gasteiger partial charge on any atom is 0.245 e. The van der Waals surface area contributed by atoms with Gasteiger partial charge in [-0.05, 0) is 31.4 Å². The molecule has 0 aromatic carbocycles. The fourth-order valence-electron chi connectivity index (χ4n) is 3.15. The van der Waals surface area contributed by atoms with Gasteiger partial charge in [0.2, 0.25) is 5.91 Å². The summed E-state index contributed by atoms with van der Waals surface area (Å²) in [6, 6.07) is 3.98. The molecule has 0 spiro atoms. The third-order valence-electron chi connectivity index (χ3n) is 4.22. The number of aromatic nitrogens is 1. The Balaban J connectivity index is 1.78. The average Bonchev–Trinajstić information content (AvgIpc) is 2.97. The summed E-state index contributed by atoms with van der Waals surface area (Å²) in [6.07, 6.45) is 3.82. The molecular formula is C15H22N4O. The van der Waals surface area contributed by atoms with E-state index >= 15 is 0 Å². The lowest BCUT2D eigenvalue weighted by Crippen LogP contribution is -2.52. The van der Waals surface area contributed by atoms with Gasteiger partial charge >= 0.3 is 0 Å². The first-order chi connectivity index (χ1) is 9.77. The summed E-state index contributed by atoms with van der Waals surface area (Å²) in [5.74, 6) is 1.24. The number of carbonyl (C=O) groups excluding carboxylic acids is 1. The highest BCUT2D eigenvalue weighted by Gasteiger charge is 2.35. The molecule has 3 rings (SSSR count). The van der Waals surface area contributed by atoms with Crippen molar-refractivity contribution in [1.82, 2.24) is 15.2 Å². The smallest absolute Gasteiger partial charge is 0.245 e. The molecule has 1 aromatic heterocycles. The number of aryl methyl sites for hydroxylation is 1. The molecule has 1 unspecified atom stereocenters. The first-order valence-electron chi connectivity index (χ1n) is 7.45. The van der Waals surface area contributed by atoms with Crippen molar-refractivity contribution in [3.05, 3.63) is 23.9 Å². The van der Waals surface area contributed by atoms with Gasteiger partial charge in [0.05, 0.1) is 0 Å². The topological polar surface area (TPSA) is 48.5 Å². The van der Waals surface area contributed by atoms with E-state index in [-0.39, 0.29) is 11.9 Å². The lowest BCUT2D eigenvalue weighted by atomic mass is 10.1. The molecule has 1 atom stereocenters. The van der Waals surface area contributed by atoms with E-state index in [0.29, 0.717) is 0 Å². The molecule has 3 heterocycles. The second-order valence-corrected chi connectivity index (χ2v) is 5.57. The van der Waals surface area contributed by atoms with Crippen molar-refractivity contribution in [3.63, 3.8) is 0 Å². The number of rotatable bonds is 2. The van der Waals surface area contributed by atoms with Crippen LogP contribution in [-0.4, -0.2) is 54.6 Å². The van der Waals surface area contributed by atoms with Gasteiger partial charge < -0.3 is 15.1 Å². The Morgan fingerprint density at radius 1 is 1.35 bits per heavy atom. The Bertz CT molecular complexity index is 485. The maximum absolute atomic E-state index is 12.7. The van der Waals surface area contributed by atoms with Gasteiger partial charge in [0, 0.05) is 38.9 Å². The third kappa shape index (κ3) is 2.50. The van der Waals surface area contributed by atoms with E-state index in [0.717, 1.165) is 56.9 Å². The first kappa shape index (κ1) is 13.4. The van der Waals surface area contributed by atoms with Gasteiger partial charge in [-0.15, -0.1) is 0 Å². The number of hydrogen-bond acceptors (Lipinski definition) is 4. The second-order valence-electron chi connectivity index (χ2n) is 5.57. The van der Waals surface area contributed by atoms with Crippen molar-refractivity contribution in [2.24, 2.45) is 0 Å². The summed E-state index contributed by atoms with van der Waals surface area (Å²) < 4.78 is 0. The number of nitrogens with one attached hydrogen (secondary N) is 1. The molecule has 108 valence electrons. The van der Waals surface area contributed by atoms with E-state index < -0.39 is 0 Å². The van der Waals surface area contributed by atoms with Crippen LogP contribution in [0.3, 0.4) is 0 Å². The highest BCUT2D eigenvalue weighted by Crippen LogP contribution is 2.27. The van der Waals surface area contributed by atoms with Crippen LogP contribution in [0, 0.1) is 6.92 Å². The number of pyridine rings is 1. The summed E-state index contributed by atoms with van der Waals surface area (Å²) in [4.78, 5) is 21.4. The quantitative estimate of drug-likeness (QED) is 0.866. The Hall–Kier alpha value is -1.62. The molecule has 1 N–H and O–H groups in total. The van der Waals surface area contributed by atoms with Gasteiger partial charge in [0.25, 0.3) is 0 Å². The summed E-state index contributed by atoms with van der Waals surface area (Å²) >= 11 is 0. The Morgan fingerprint density at radius 2 is 2.15 bits per heavy atom. The SMILES string of the molecule is Cc1cccnc1N1CCCC1C(=O)N1CCNCC1. The van der Waals surface area contributed by atoms with Crippen LogP contribution in [0.25, 0.3) is 0 Å². The predicted octanol–water partition coefficient (Wildman–Crippen LogP) is 0.791. The number of anilines is 1. The molecule has 0 aliphatic carbocycles. The van der Waals surface area contributed by atoms with Crippen LogP contribution in [0.1, 0.15) is 18.4 Å². The van der Waals surface area contributed by atoms with Gasteiger partial charge in [0.1, 0.15) is 11.9 Å². The molecule has 2 aliphatic rings. The summed E-state index contributed by atoms with van der Waals surface area (Å²) in [5.41, 5.74) is 1.15. The van der Waals surface area contributed by atoms with Crippen LogP contribution in [0.5, 0.6) is 0 Å². The van der Waals surface area contributed by atoms with Gasteiger partial charge in [-0.25, -0.2) is 4.98 Å². The number of nitrogens with zero attached hydrogens (tertiary/aromatic N) is 3. The minimum absolute atomic E-state index is 0.0262. The average molecular weight is 274 g/mol. The molecule has 1 aromatic rings. The molecule has 2 fully saturated rings. The zero-order chi connectivity index (χ0) is 13.9. The molecule has 1 amide bonds. The number of hydrogen-bond donors (Lipinski definition) is 1. The molecule has 0 radical (unpaired) electrons. The maximum atomic E-state index is 12.7. The van der Waals surface area contributed by atoms with Crippen LogP contribution in [0.15, 0.2) is 18.3 Å². The fourth-order valence-corrected chi connectivity index (χ4v) is 3.15. The second kappa shape index (κ2) is 5.79. The van der Waals surface area contributed by atoms with Crippen molar-refractivity contribution in [2.45, 2.75) is 25.8 Å². The first-order valence-corrected chi connectivity index (χ1v) is 7.45. The van der Waals surface area contributed by atoms with Gasteiger partial charge in [-0.1, -0.05) is 6.07 Å². The van der Waals surface area contributed by atoms with Crippen LogP contribution in [-0.2, 0) is 4.79 Å². The van der Waals surface area contributed by atoms with Crippen LogP contribution in [0.2, 0.25) is 0 Å². The normalized spacial score (nSPS) is 23.1. The highest BCUT2D eigenvalue weighted by molar-refractivity contribution is 5.86. The van der Waals surface area contributed by atoms with E-state index in [4.69, 9.17) is 0 Å². The highest BCUT2D eigenvalue weighted by atomic mass is 16.2. The van der Waals surface area contributed by atoms with E-state index in [1.807, 2.05) is 17.2 Å². The standard InChI is InChI=1S/C15H22N4O/c1-12-4-2-6-17-14(12)19-9-3-5-13(19)15(20)18-10-7-16-8-11-18/h2,4,6,13,16H,3,5,7-11H2,1H3. The van der Waals surface area contributed by atoms with Crippen LogP contribution >= 0.6 is 0 Å². The zero-order valence-corrected chi connectivity index (χ0v) is 12.0. The van der Waals surface area contributed by atoms with Gasteiger partial charge in [0.15, 0.2) is 0 Å². The minimum atomic E-state index is -0.0262. The van der Waals surface area contributed by atoms with E-state index in [2.05, 4.69) is 28.2 Å². The summed E-state index contributed by atoms with van der Waals surface area (Å²) in [7, 11) is 0. The number of piperazine rings is 1. The van der Waals surface area contributed by atoms with Crippen molar-refractivity contribution >= 4 is 11.7 Å². The Labute approximate surface area is 120 Å². The van der Waals surface area contributed by atoms with E-state index in [9.17, 15) is 4.79 Å². The molecule has 20 heavy (non-hydrogen) atoms. The lowest BCUT2D eigenvalue weighted by molar-refractivity contribution is -0.133. The largest absolute Gasteiger partial charge is 0.344 e. The van der Waals surface area contributed by atoms with Crippen molar-refractivity contribution < 1.29 is 4.79 Å². The summed E-state index contributed by atoms with van der Waals surface area (Å²) in [6.45, 7) is 6.45. The fraction of sp³-hybridized carbons (Fsp3) is 0.600. The Morgan fingerprint density at radius 3 is 2.90 bits per heavy atom.